The van der Waals surface area contributed by atoms with Gasteiger partial charge in [-0.15, -0.1) is 23.7 Å². The number of nitrogens with two attached hydrogens (primary N) is 1. The Morgan fingerprint density at radius 2 is 2.00 bits per heavy atom. The molecule has 7 heteroatoms. The molecule has 1 rings (SSSR count). The van der Waals surface area contributed by atoms with Gasteiger partial charge < -0.3 is 16.4 Å². The van der Waals surface area contributed by atoms with E-state index >= 15 is 0 Å². The van der Waals surface area contributed by atoms with Gasteiger partial charge in [0.1, 0.15) is 0 Å². The van der Waals surface area contributed by atoms with E-state index in [2.05, 4.69) is 10.6 Å². The Labute approximate surface area is 136 Å². The van der Waals surface area contributed by atoms with E-state index in [0.717, 1.165) is 12.8 Å². The first-order chi connectivity index (χ1) is 9.56. The maximum Gasteiger partial charge on any atom is 0.261 e. The van der Waals surface area contributed by atoms with Gasteiger partial charge in [-0.3, -0.25) is 9.59 Å². The number of rotatable bonds is 8. The third kappa shape index (κ3) is 6.03. The lowest BCUT2D eigenvalue weighted by Gasteiger charge is -2.31. The lowest BCUT2D eigenvalue weighted by atomic mass is 9.93. The summed E-state index contributed by atoms with van der Waals surface area (Å²) in [5, 5.41) is 7.56. The summed E-state index contributed by atoms with van der Waals surface area (Å²) in [6.07, 6.45) is 1.86. The molecule has 0 saturated heterocycles. The number of carbonyl (C=O) groups excluding carboxylic acids is 2. The molecule has 0 saturated carbocycles. The molecule has 0 aliphatic carbocycles. The fourth-order valence-corrected chi connectivity index (χ4v) is 2.55. The van der Waals surface area contributed by atoms with E-state index in [1.54, 1.807) is 6.07 Å². The maximum atomic E-state index is 11.9. The van der Waals surface area contributed by atoms with Crippen molar-refractivity contribution in [2.45, 2.75) is 38.6 Å². The van der Waals surface area contributed by atoms with E-state index in [-0.39, 0.29) is 36.2 Å². The van der Waals surface area contributed by atoms with Crippen molar-refractivity contribution >= 4 is 35.6 Å². The molecule has 0 radical (unpaired) electrons. The highest BCUT2D eigenvalue weighted by Gasteiger charge is 2.25. The fraction of sp³-hybridized carbons (Fsp3) is 0.571. The van der Waals surface area contributed by atoms with E-state index in [9.17, 15) is 9.59 Å². The molecule has 120 valence electrons. The fourth-order valence-electron chi connectivity index (χ4n) is 1.91. The molecule has 0 unspecified atom stereocenters. The van der Waals surface area contributed by atoms with Crippen LogP contribution in [0.15, 0.2) is 17.5 Å². The van der Waals surface area contributed by atoms with Crippen LogP contribution in [0.5, 0.6) is 0 Å². The third-order valence-electron chi connectivity index (χ3n) is 3.53. The van der Waals surface area contributed by atoms with E-state index < -0.39 is 0 Å². The second kappa shape index (κ2) is 9.76. The molecular weight excluding hydrogens is 310 g/mol. The van der Waals surface area contributed by atoms with Gasteiger partial charge in [-0.2, -0.15) is 0 Å². The van der Waals surface area contributed by atoms with Gasteiger partial charge in [-0.25, -0.2) is 0 Å². The third-order valence-corrected chi connectivity index (χ3v) is 4.40. The highest BCUT2D eigenvalue weighted by Crippen LogP contribution is 2.13. The van der Waals surface area contributed by atoms with Crippen molar-refractivity contribution < 1.29 is 9.59 Å². The molecule has 4 N–H and O–H groups in total. The Hall–Kier alpha value is -1.11. The summed E-state index contributed by atoms with van der Waals surface area (Å²) in [7, 11) is 0. The zero-order valence-electron chi connectivity index (χ0n) is 12.5. The minimum absolute atomic E-state index is 0. The highest BCUT2D eigenvalue weighted by atomic mass is 35.5. The average Bonchev–Trinajstić information content (AvgIpc) is 2.99. The molecule has 5 nitrogen and oxygen atoms in total. The van der Waals surface area contributed by atoms with Crippen molar-refractivity contribution in [2.24, 2.45) is 5.73 Å². The number of carbonyl (C=O) groups is 2. The smallest absolute Gasteiger partial charge is 0.261 e. The molecule has 2 amide bonds. The van der Waals surface area contributed by atoms with Crippen LogP contribution in [0.1, 0.15) is 42.8 Å². The van der Waals surface area contributed by atoms with Crippen LogP contribution in [-0.2, 0) is 4.79 Å². The lowest BCUT2D eigenvalue weighted by Crippen LogP contribution is -2.53. The first-order valence-corrected chi connectivity index (χ1v) is 7.77. The van der Waals surface area contributed by atoms with Gasteiger partial charge in [0.15, 0.2) is 0 Å². The number of amides is 2. The SMILES string of the molecule is CCC(CC)(CN)NC(=O)CCNC(=O)c1cccs1.Cl. The average molecular weight is 334 g/mol. The molecule has 0 spiro atoms. The van der Waals surface area contributed by atoms with Crippen LogP contribution in [-0.4, -0.2) is 30.4 Å². The molecule has 0 fully saturated rings. The number of nitrogens with one attached hydrogen (secondary N) is 2. The van der Waals surface area contributed by atoms with Gasteiger partial charge in [0.25, 0.3) is 5.91 Å². The van der Waals surface area contributed by atoms with Crippen molar-refractivity contribution in [3.63, 3.8) is 0 Å². The minimum atomic E-state index is -0.325. The summed E-state index contributed by atoms with van der Waals surface area (Å²) in [6, 6.07) is 3.58. The summed E-state index contributed by atoms with van der Waals surface area (Å²) >= 11 is 1.38. The summed E-state index contributed by atoms with van der Waals surface area (Å²) in [4.78, 5) is 24.2. The molecule has 0 aliphatic rings. The molecule has 1 aromatic heterocycles. The van der Waals surface area contributed by atoms with Crippen LogP contribution in [0.25, 0.3) is 0 Å². The number of thiophene rings is 1. The van der Waals surface area contributed by atoms with Gasteiger partial charge >= 0.3 is 0 Å². The summed E-state index contributed by atoms with van der Waals surface area (Å²) in [5.41, 5.74) is 5.41. The van der Waals surface area contributed by atoms with Gasteiger partial charge in [0.05, 0.1) is 10.4 Å². The van der Waals surface area contributed by atoms with Crippen molar-refractivity contribution in [3.05, 3.63) is 22.4 Å². The van der Waals surface area contributed by atoms with Crippen LogP contribution in [0, 0.1) is 0 Å². The van der Waals surface area contributed by atoms with Gasteiger partial charge in [-0.1, -0.05) is 19.9 Å². The molecule has 1 aromatic rings. The molecule has 1 heterocycles. The van der Waals surface area contributed by atoms with E-state index in [0.29, 0.717) is 18.0 Å². The van der Waals surface area contributed by atoms with Crippen LogP contribution < -0.4 is 16.4 Å². The Kier molecular flexibility index (Phi) is 9.24. The maximum absolute atomic E-state index is 11.9. The van der Waals surface area contributed by atoms with Gasteiger partial charge in [0, 0.05) is 19.5 Å². The zero-order chi connectivity index (χ0) is 15.0. The predicted octanol–water partition coefficient (Wildman–Crippen LogP) is 1.92. The van der Waals surface area contributed by atoms with E-state index in [1.807, 2.05) is 25.3 Å². The van der Waals surface area contributed by atoms with Crippen LogP contribution in [0.4, 0.5) is 0 Å². The quantitative estimate of drug-likeness (QED) is 0.679. The molecular formula is C14H24ClN3O2S. The number of halogens is 1. The molecule has 0 atom stereocenters. The summed E-state index contributed by atoms with van der Waals surface area (Å²) in [5.74, 6) is -0.213. The first kappa shape index (κ1) is 19.9. The zero-order valence-corrected chi connectivity index (χ0v) is 14.1. The van der Waals surface area contributed by atoms with Crippen molar-refractivity contribution in [3.8, 4) is 0 Å². The monoisotopic (exact) mass is 333 g/mol. The van der Waals surface area contributed by atoms with Crippen LogP contribution in [0.3, 0.4) is 0 Å². The van der Waals surface area contributed by atoms with Gasteiger partial charge in [0.2, 0.25) is 5.91 Å². The standard InChI is InChI=1S/C14H23N3O2S.ClH/c1-3-14(4-2,10-15)17-12(18)7-8-16-13(19)11-6-5-9-20-11;/h5-6,9H,3-4,7-8,10,15H2,1-2H3,(H,16,19)(H,17,18);1H. The Balaban J connectivity index is 0.00000400. The van der Waals surface area contributed by atoms with E-state index in [1.165, 1.54) is 11.3 Å². The topological polar surface area (TPSA) is 84.2 Å². The second-order valence-corrected chi connectivity index (χ2v) is 5.67. The minimum Gasteiger partial charge on any atom is -0.351 e. The van der Waals surface area contributed by atoms with Crippen molar-refractivity contribution in [1.29, 1.82) is 0 Å². The Bertz CT molecular complexity index is 425. The Morgan fingerprint density at radius 1 is 1.33 bits per heavy atom. The Morgan fingerprint density at radius 3 is 2.48 bits per heavy atom. The molecule has 0 aliphatic heterocycles. The number of hydrogen-bond acceptors (Lipinski definition) is 4. The van der Waals surface area contributed by atoms with Crippen molar-refractivity contribution in [2.75, 3.05) is 13.1 Å². The lowest BCUT2D eigenvalue weighted by molar-refractivity contribution is -0.122. The molecule has 0 bridgehead atoms. The second-order valence-electron chi connectivity index (χ2n) is 4.72. The largest absolute Gasteiger partial charge is 0.351 e. The van der Waals surface area contributed by atoms with Gasteiger partial charge in [-0.05, 0) is 24.3 Å². The van der Waals surface area contributed by atoms with Crippen LogP contribution in [0.2, 0.25) is 0 Å². The van der Waals surface area contributed by atoms with E-state index in [4.69, 9.17) is 5.73 Å². The highest BCUT2D eigenvalue weighted by molar-refractivity contribution is 7.12. The van der Waals surface area contributed by atoms with Crippen molar-refractivity contribution in [1.82, 2.24) is 10.6 Å². The number of hydrogen-bond donors (Lipinski definition) is 3. The summed E-state index contributed by atoms with van der Waals surface area (Å²) in [6.45, 7) is 4.77. The first-order valence-electron chi connectivity index (χ1n) is 6.89. The van der Waals surface area contributed by atoms with Crippen LogP contribution >= 0.6 is 23.7 Å². The molecule has 0 aromatic carbocycles. The predicted molar refractivity (Wildman–Crippen MR) is 89.0 cm³/mol. The summed E-state index contributed by atoms with van der Waals surface area (Å²) < 4.78 is 0. The molecule has 21 heavy (non-hydrogen) atoms. The normalized spacial score (nSPS) is 10.6.